The average Bonchev–Trinajstić information content (AvgIpc) is 3.39. The molecular weight excluding hydrogens is 540 g/mol. The first-order valence-corrected chi connectivity index (χ1v) is 13.7. The van der Waals surface area contributed by atoms with E-state index in [9.17, 15) is 14.9 Å². The molecule has 0 saturated carbocycles. The molecule has 3 aromatic carbocycles. The summed E-state index contributed by atoms with van der Waals surface area (Å²) in [5, 5.41) is 24.4. The lowest BCUT2D eigenvalue weighted by Crippen LogP contribution is -2.19. The molecule has 41 heavy (non-hydrogen) atoms. The van der Waals surface area contributed by atoms with Crippen molar-refractivity contribution in [3.05, 3.63) is 100 Å². The number of hydrogen-bond donors (Lipinski definition) is 1. The van der Waals surface area contributed by atoms with E-state index < -0.39 is 4.92 Å². The van der Waals surface area contributed by atoms with Gasteiger partial charge in [0.05, 0.1) is 23.3 Å². The van der Waals surface area contributed by atoms with Crippen LogP contribution >= 0.6 is 11.8 Å². The van der Waals surface area contributed by atoms with Gasteiger partial charge < -0.3 is 4.74 Å². The number of allylic oxidation sites excluding steroid dienone is 1. The lowest BCUT2D eigenvalue weighted by Gasteiger charge is -2.19. The van der Waals surface area contributed by atoms with E-state index in [1.165, 1.54) is 35.7 Å². The fourth-order valence-corrected chi connectivity index (χ4v) is 4.63. The van der Waals surface area contributed by atoms with E-state index in [1.807, 2.05) is 41.0 Å². The van der Waals surface area contributed by atoms with Gasteiger partial charge in [0.1, 0.15) is 5.75 Å². The zero-order chi connectivity index (χ0) is 29.4. The number of rotatable bonds is 10. The quantitative estimate of drug-likeness (QED) is 0.106. The topological polar surface area (TPSA) is 125 Å². The predicted molar refractivity (Wildman–Crippen MR) is 162 cm³/mol. The summed E-state index contributed by atoms with van der Waals surface area (Å²) in [4.78, 5) is 23.2. The highest BCUT2D eigenvalue weighted by molar-refractivity contribution is 7.99. The molecule has 1 amide bonds. The molecule has 0 aliphatic carbocycles. The third kappa shape index (κ3) is 7.46. The van der Waals surface area contributed by atoms with Gasteiger partial charge in [0, 0.05) is 23.5 Å². The minimum atomic E-state index is -0.452. The van der Waals surface area contributed by atoms with Gasteiger partial charge in [0.15, 0.2) is 11.0 Å². The maximum atomic E-state index is 12.5. The molecule has 11 heteroatoms. The van der Waals surface area contributed by atoms with E-state index in [-0.39, 0.29) is 22.8 Å². The van der Waals surface area contributed by atoms with Gasteiger partial charge in [0.2, 0.25) is 0 Å². The van der Waals surface area contributed by atoms with Crippen molar-refractivity contribution < 1.29 is 14.5 Å². The zero-order valence-electron chi connectivity index (χ0n) is 23.1. The Morgan fingerprint density at radius 1 is 1.07 bits per heavy atom. The maximum Gasteiger partial charge on any atom is 0.276 e. The second kappa shape index (κ2) is 13.1. The molecule has 0 aliphatic rings. The molecule has 1 N–H and O–H groups in total. The van der Waals surface area contributed by atoms with E-state index in [4.69, 9.17) is 4.74 Å². The number of benzene rings is 3. The van der Waals surface area contributed by atoms with Crippen molar-refractivity contribution in [1.29, 1.82) is 0 Å². The molecule has 1 aromatic heterocycles. The Hall–Kier alpha value is -4.77. The van der Waals surface area contributed by atoms with Crippen LogP contribution in [-0.2, 0) is 10.2 Å². The lowest BCUT2D eigenvalue weighted by molar-refractivity contribution is -0.385. The minimum Gasteiger partial charge on any atom is -0.497 e. The number of hydrogen-bond acceptors (Lipinski definition) is 8. The summed E-state index contributed by atoms with van der Waals surface area (Å²) in [6, 6.07) is 22.1. The van der Waals surface area contributed by atoms with Gasteiger partial charge in [-0.15, -0.1) is 10.2 Å². The number of hydrazone groups is 1. The highest BCUT2D eigenvalue weighted by Crippen LogP contribution is 2.30. The summed E-state index contributed by atoms with van der Waals surface area (Å²) in [5.74, 6) is 1.07. The van der Waals surface area contributed by atoms with E-state index in [2.05, 4.69) is 53.6 Å². The lowest BCUT2D eigenvalue weighted by atomic mass is 9.87. The monoisotopic (exact) mass is 570 g/mol. The number of nitrogens with one attached hydrogen (secondary N) is 1. The fourth-order valence-electron chi connectivity index (χ4n) is 3.89. The molecule has 4 aromatic rings. The summed E-state index contributed by atoms with van der Waals surface area (Å²) in [5.41, 5.74) is 5.84. The van der Waals surface area contributed by atoms with Crippen LogP contribution in [0.1, 0.15) is 31.9 Å². The fraction of sp³-hybridized carbons (Fsp3) is 0.200. The molecule has 1 heterocycles. The van der Waals surface area contributed by atoms with E-state index in [1.54, 1.807) is 31.4 Å². The molecule has 0 spiro atoms. The Labute approximate surface area is 242 Å². The highest BCUT2D eigenvalue weighted by Gasteiger charge is 2.19. The van der Waals surface area contributed by atoms with E-state index >= 15 is 0 Å². The van der Waals surface area contributed by atoms with Crippen molar-refractivity contribution in [2.75, 3.05) is 12.9 Å². The van der Waals surface area contributed by atoms with E-state index in [0.717, 1.165) is 17.0 Å². The molecule has 10 nitrogen and oxygen atoms in total. The first-order valence-electron chi connectivity index (χ1n) is 12.7. The Morgan fingerprint density at radius 3 is 2.44 bits per heavy atom. The van der Waals surface area contributed by atoms with Gasteiger partial charge in [-0.25, -0.2) is 5.43 Å². The Balaban J connectivity index is 1.48. The van der Waals surface area contributed by atoms with E-state index in [0.29, 0.717) is 16.5 Å². The first kappa shape index (κ1) is 29.2. The molecule has 0 bridgehead atoms. The zero-order valence-corrected chi connectivity index (χ0v) is 24.0. The summed E-state index contributed by atoms with van der Waals surface area (Å²) in [6.45, 7) is 6.49. The van der Waals surface area contributed by atoms with Crippen molar-refractivity contribution in [3.8, 4) is 22.8 Å². The number of ether oxygens (including phenoxy) is 1. The molecule has 0 radical (unpaired) electrons. The normalized spacial score (nSPS) is 11.7. The first-order chi connectivity index (χ1) is 19.7. The molecule has 0 unspecified atom stereocenters. The summed E-state index contributed by atoms with van der Waals surface area (Å²) in [7, 11) is 1.61. The van der Waals surface area contributed by atoms with Gasteiger partial charge in [-0.2, -0.15) is 5.10 Å². The van der Waals surface area contributed by atoms with Crippen LogP contribution in [0.4, 0.5) is 5.69 Å². The third-order valence-corrected chi connectivity index (χ3v) is 6.99. The van der Waals surface area contributed by atoms with Gasteiger partial charge >= 0.3 is 0 Å². The van der Waals surface area contributed by atoms with Crippen LogP contribution in [0.15, 0.2) is 89.1 Å². The van der Waals surface area contributed by atoms with Crippen molar-refractivity contribution in [2.24, 2.45) is 5.10 Å². The molecule has 0 atom stereocenters. The molecule has 0 aliphatic heterocycles. The van der Waals surface area contributed by atoms with Crippen molar-refractivity contribution in [3.63, 3.8) is 0 Å². The number of amides is 1. The second-order valence-corrected chi connectivity index (χ2v) is 10.9. The van der Waals surface area contributed by atoms with Crippen LogP contribution in [0.2, 0.25) is 0 Å². The Morgan fingerprint density at radius 2 is 1.78 bits per heavy atom. The smallest absolute Gasteiger partial charge is 0.276 e. The summed E-state index contributed by atoms with van der Waals surface area (Å²) >= 11 is 1.23. The third-order valence-electron chi connectivity index (χ3n) is 6.06. The molecule has 0 saturated heterocycles. The highest BCUT2D eigenvalue weighted by atomic mass is 32.2. The summed E-state index contributed by atoms with van der Waals surface area (Å²) in [6.07, 6.45) is 4.43. The number of para-hydroxylation sites is 1. The van der Waals surface area contributed by atoms with Crippen molar-refractivity contribution >= 4 is 35.6 Å². The molecular formula is C30H30N6O4S. The largest absolute Gasteiger partial charge is 0.497 e. The molecule has 0 fully saturated rings. The van der Waals surface area contributed by atoms with Crippen molar-refractivity contribution in [2.45, 2.75) is 31.3 Å². The Bertz CT molecular complexity index is 1570. The van der Waals surface area contributed by atoms with Crippen molar-refractivity contribution in [1.82, 2.24) is 20.2 Å². The van der Waals surface area contributed by atoms with Crippen LogP contribution in [0.3, 0.4) is 0 Å². The van der Waals surface area contributed by atoms with Gasteiger partial charge in [-0.1, -0.05) is 68.9 Å². The number of carbonyl (C=O) groups is 1. The molecule has 4 rings (SSSR count). The number of nitro groups is 1. The van der Waals surface area contributed by atoms with Crippen LogP contribution in [-0.4, -0.2) is 44.7 Å². The van der Waals surface area contributed by atoms with Crippen LogP contribution in [0, 0.1) is 10.1 Å². The number of carbonyl (C=O) groups excluding carboxylic acids is 1. The second-order valence-electron chi connectivity index (χ2n) is 9.94. The van der Waals surface area contributed by atoms with Gasteiger partial charge in [-0.05, 0) is 53.5 Å². The average molecular weight is 571 g/mol. The number of nitrogens with zero attached hydrogens (tertiary/aromatic N) is 5. The van der Waals surface area contributed by atoms with Gasteiger partial charge in [0.25, 0.3) is 11.6 Å². The maximum absolute atomic E-state index is 12.5. The Kier molecular flexibility index (Phi) is 9.30. The number of methoxy groups -OCH3 is 1. The van der Waals surface area contributed by atoms with Crippen LogP contribution in [0.25, 0.3) is 23.2 Å². The standard InChI is InChI=1S/C30H30N6O4S/c1-30(2,3)23-13-11-22(12-14-23)28-33-34-29(35(28)24-15-17-25(40-4)18-16-24)41-20-27(37)32-31-19-7-9-21-8-5-6-10-26(21)36(38)39/h5-19H,20H2,1-4H3,(H,32,37)/b9-7+,31-19-. The number of thioether (sulfide) groups is 1. The number of nitro benzene ring substituents is 1. The number of aromatic nitrogens is 3. The predicted octanol–water partition coefficient (Wildman–Crippen LogP) is 6.06. The minimum absolute atomic E-state index is 0.0110. The van der Waals surface area contributed by atoms with Crippen LogP contribution in [0.5, 0.6) is 5.75 Å². The molecule has 210 valence electrons. The van der Waals surface area contributed by atoms with Gasteiger partial charge in [-0.3, -0.25) is 19.5 Å². The van der Waals surface area contributed by atoms with Crippen LogP contribution < -0.4 is 10.2 Å². The summed E-state index contributed by atoms with van der Waals surface area (Å²) < 4.78 is 7.21. The SMILES string of the molecule is COc1ccc(-n2c(SCC(=O)N/N=C\C=C\c3ccccc3[N+](=O)[O-])nnc2-c2ccc(C(C)(C)C)cc2)cc1.